The van der Waals surface area contributed by atoms with Gasteiger partial charge in [0, 0.05) is 23.2 Å². The number of hydrogen-bond donors (Lipinski definition) is 1. The highest BCUT2D eigenvalue weighted by molar-refractivity contribution is 7.89. The lowest BCUT2D eigenvalue weighted by atomic mass is 10.1. The highest BCUT2D eigenvalue weighted by Gasteiger charge is 2.31. The van der Waals surface area contributed by atoms with E-state index in [1.165, 1.54) is 12.1 Å². The minimum absolute atomic E-state index is 0.113. The second-order valence-electron chi connectivity index (χ2n) is 6.21. The van der Waals surface area contributed by atoms with Crippen molar-refractivity contribution in [3.63, 3.8) is 0 Å². The molecular weight excluding hydrogens is 443 g/mol. The first-order valence-corrected chi connectivity index (χ1v) is 10.4. The van der Waals surface area contributed by atoms with Gasteiger partial charge in [-0.2, -0.15) is 18.3 Å². The Morgan fingerprint density at radius 3 is 2.40 bits per heavy atom. The van der Waals surface area contributed by atoms with Gasteiger partial charge in [0.2, 0.25) is 10.0 Å². The molecule has 0 saturated carbocycles. The minimum Gasteiger partial charge on any atom is -0.268 e. The van der Waals surface area contributed by atoms with Gasteiger partial charge >= 0.3 is 6.18 Å². The fourth-order valence-electron chi connectivity index (χ4n) is 2.59. The molecule has 1 N–H and O–H groups in total. The second-order valence-corrected chi connectivity index (χ2v) is 8.41. The van der Waals surface area contributed by atoms with Gasteiger partial charge in [0.15, 0.2) is 0 Å². The molecule has 1 heterocycles. The summed E-state index contributed by atoms with van der Waals surface area (Å²) in [6, 6.07) is 13.0. The molecule has 0 bridgehead atoms. The summed E-state index contributed by atoms with van der Waals surface area (Å²) in [5.41, 5.74) is -0.338. The number of alkyl halides is 3. The smallest absolute Gasteiger partial charge is 0.268 e. The van der Waals surface area contributed by atoms with Crippen molar-refractivity contribution in [2.45, 2.75) is 17.6 Å². The third-order valence-corrected chi connectivity index (χ3v) is 5.80. The molecule has 0 atom stereocenters. The van der Waals surface area contributed by atoms with Crippen LogP contribution in [-0.4, -0.2) is 24.7 Å². The van der Waals surface area contributed by atoms with Crippen LogP contribution in [0, 0.1) is 0 Å². The van der Waals surface area contributed by atoms with Crippen LogP contribution >= 0.6 is 11.6 Å². The maximum Gasteiger partial charge on any atom is 0.416 e. The van der Waals surface area contributed by atoms with E-state index in [0.29, 0.717) is 22.3 Å². The molecule has 0 aliphatic carbocycles. The van der Waals surface area contributed by atoms with E-state index in [0.717, 1.165) is 22.9 Å². The number of nitrogens with zero attached hydrogens (tertiary/aromatic N) is 2. The molecule has 0 radical (unpaired) electrons. The van der Waals surface area contributed by atoms with E-state index in [2.05, 4.69) is 9.82 Å². The van der Waals surface area contributed by atoms with Crippen molar-refractivity contribution in [3.05, 3.63) is 81.6 Å². The monoisotopic (exact) mass is 457 g/mol. The van der Waals surface area contributed by atoms with Gasteiger partial charge in [0.1, 0.15) is 0 Å². The Labute approximate surface area is 175 Å². The Balaban J connectivity index is 1.74. The van der Waals surface area contributed by atoms with E-state index >= 15 is 0 Å². The lowest BCUT2D eigenvalue weighted by molar-refractivity contribution is -0.137. The number of benzene rings is 2. The first-order valence-electron chi connectivity index (χ1n) is 8.57. The van der Waals surface area contributed by atoms with Gasteiger partial charge in [0.25, 0.3) is 5.56 Å². The molecule has 1 aromatic heterocycles. The third-order valence-electron chi connectivity index (χ3n) is 4.09. The van der Waals surface area contributed by atoms with Gasteiger partial charge in [-0.15, -0.1) is 0 Å². The first kappa shape index (κ1) is 22.0. The van der Waals surface area contributed by atoms with Crippen LogP contribution in [0.25, 0.3) is 11.3 Å². The molecule has 0 spiro atoms. The van der Waals surface area contributed by atoms with Gasteiger partial charge < -0.3 is 0 Å². The van der Waals surface area contributed by atoms with Gasteiger partial charge in [-0.05, 0) is 36.4 Å². The second kappa shape index (κ2) is 8.58. The Morgan fingerprint density at radius 1 is 1.03 bits per heavy atom. The predicted molar refractivity (Wildman–Crippen MR) is 106 cm³/mol. The number of hydrogen-bond acceptors (Lipinski definition) is 4. The van der Waals surface area contributed by atoms with Crippen molar-refractivity contribution in [3.8, 4) is 11.3 Å². The average molecular weight is 458 g/mol. The molecule has 0 amide bonds. The van der Waals surface area contributed by atoms with E-state index in [4.69, 9.17) is 11.6 Å². The summed E-state index contributed by atoms with van der Waals surface area (Å²) in [7, 11) is -4.20. The third kappa shape index (κ3) is 5.26. The molecule has 11 heteroatoms. The lowest BCUT2D eigenvalue weighted by Crippen LogP contribution is -2.32. The predicted octanol–water partition coefficient (Wildman–Crippen LogP) is 3.56. The summed E-state index contributed by atoms with van der Waals surface area (Å²) in [6.07, 6.45) is -4.66. The molecule has 158 valence electrons. The zero-order valence-corrected chi connectivity index (χ0v) is 16.8. The molecule has 6 nitrogen and oxygen atoms in total. The van der Waals surface area contributed by atoms with Crippen molar-refractivity contribution < 1.29 is 21.6 Å². The number of rotatable bonds is 6. The van der Waals surface area contributed by atoms with Crippen LogP contribution in [0.1, 0.15) is 5.56 Å². The molecule has 0 aliphatic rings. The van der Waals surface area contributed by atoms with E-state index < -0.39 is 32.2 Å². The number of nitrogens with one attached hydrogen (secondary N) is 1. The fraction of sp³-hybridized carbons (Fsp3) is 0.158. The molecule has 0 unspecified atom stereocenters. The van der Waals surface area contributed by atoms with Crippen molar-refractivity contribution >= 4 is 21.6 Å². The van der Waals surface area contributed by atoms with E-state index in [1.807, 2.05) is 0 Å². The summed E-state index contributed by atoms with van der Waals surface area (Å²) >= 11 is 5.85. The summed E-state index contributed by atoms with van der Waals surface area (Å²) < 4.78 is 66.3. The molecule has 30 heavy (non-hydrogen) atoms. The minimum atomic E-state index is -4.66. The Kier molecular flexibility index (Phi) is 6.30. The van der Waals surface area contributed by atoms with Crippen LogP contribution in [0.15, 0.2) is 70.4 Å². The number of halogens is 4. The number of sulfonamides is 1. The summed E-state index contributed by atoms with van der Waals surface area (Å²) in [4.78, 5) is 11.5. The van der Waals surface area contributed by atoms with Crippen LogP contribution in [0.4, 0.5) is 13.2 Å². The van der Waals surface area contributed by atoms with Crippen LogP contribution in [0.5, 0.6) is 0 Å². The van der Waals surface area contributed by atoms with Crippen molar-refractivity contribution in [2.75, 3.05) is 6.54 Å². The maximum atomic E-state index is 12.8. The van der Waals surface area contributed by atoms with Gasteiger partial charge in [-0.1, -0.05) is 29.8 Å². The van der Waals surface area contributed by atoms with Crippen LogP contribution in [-0.2, 0) is 22.7 Å². The first-order chi connectivity index (χ1) is 14.1. The Morgan fingerprint density at radius 2 is 1.73 bits per heavy atom. The molecule has 0 fully saturated rings. The van der Waals surface area contributed by atoms with Crippen molar-refractivity contribution in [2.24, 2.45) is 0 Å². The molecular formula is C19H15ClF3N3O3S. The summed E-state index contributed by atoms with van der Waals surface area (Å²) in [6.45, 7) is -0.353. The van der Waals surface area contributed by atoms with Gasteiger partial charge in [-0.3, -0.25) is 4.79 Å². The van der Waals surface area contributed by atoms with E-state index in [1.54, 1.807) is 24.3 Å². The fourth-order valence-corrected chi connectivity index (χ4v) is 3.79. The molecule has 3 rings (SSSR count). The van der Waals surface area contributed by atoms with Crippen LogP contribution in [0.2, 0.25) is 5.02 Å². The molecule has 0 saturated heterocycles. The maximum absolute atomic E-state index is 12.8. The zero-order chi connectivity index (χ0) is 21.9. The molecule has 3 aromatic rings. The number of aromatic nitrogens is 2. The van der Waals surface area contributed by atoms with Crippen LogP contribution < -0.4 is 10.3 Å². The molecule has 2 aromatic carbocycles. The molecule has 0 aliphatic heterocycles. The van der Waals surface area contributed by atoms with E-state index in [-0.39, 0.29) is 13.1 Å². The topological polar surface area (TPSA) is 81.1 Å². The standard InChI is InChI=1S/C19H15ClF3N3O3S/c20-15-6-4-13(5-7-15)17-8-9-18(27)26(25-17)11-10-24-30(28,29)16-3-1-2-14(12-16)19(21,22)23/h1-9,12,24H,10-11H2. The highest BCUT2D eigenvalue weighted by Crippen LogP contribution is 2.30. The zero-order valence-electron chi connectivity index (χ0n) is 15.2. The quantitative estimate of drug-likeness (QED) is 0.613. The van der Waals surface area contributed by atoms with Crippen LogP contribution in [0.3, 0.4) is 0 Å². The van der Waals surface area contributed by atoms with E-state index in [9.17, 15) is 26.4 Å². The summed E-state index contributed by atoms with van der Waals surface area (Å²) in [5.74, 6) is 0. The SMILES string of the molecule is O=c1ccc(-c2ccc(Cl)cc2)nn1CCNS(=O)(=O)c1cccc(C(F)(F)F)c1. The van der Waals surface area contributed by atoms with Gasteiger partial charge in [-0.25, -0.2) is 17.8 Å². The highest BCUT2D eigenvalue weighted by atomic mass is 35.5. The Hall–Kier alpha value is -2.69. The van der Waals surface area contributed by atoms with Gasteiger partial charge in [0.05, 0.1) is 22.7 Å². The lowest BCUT2D eigenvalue weighted by Gasteiger charge is -2.11. The normalized spacial score (nSPS) is 12.1. The largest absolute Gasteiger partial charge is 0.416 e. The Bertz CT molecular complexity index is 1210. The van der Waals surface area contributed by atoms with Crippen molar-refractivity contribution in [1.82, 2.24) is 14.5 Å². The summed E-state index contributed by atoms with van der Waals surface area (Å²) in [5, 5.41) is 4.73. The average Bonchev–Trinajstić information content (AvgIpc) is 2.69. The van der Waals surface area contributed by atoms with Crippen molar-refractivity contribution in [1.29, 1.82) is 0 Å².